The highest BCUT2D eigenvalue weighted by Crippen LogP contribution is 2.22. The van der Waals surface area contributed by atoms with Crippen LogP contribution in [0.3, 0.4) is 0 Å². The molecule has 16 heavy (non-hydrogen) atoms. The third-order valence-corrected chi connectivity index (χ3v) is 2.20. The third-order valence-electron chi connectivity index (χ3n) is 2.20. The molecule has 1 rings (SSSR count). The van der Waals surface area contributed by atoms with Gasteiger partial charge in [-0.1, -0.05) is 12.1 Å². The predicted molar refractivity (Wildman–Crippen MR) is 53.9 cm³/mol. The number of hydrogen-bond acceptors (Lipinski definition) is 2. The zero-order valence-electron chi connectivity index (χ0n) is 8.74. The number of rotatable bonds is 5. The van der Waals surface area contributed by atoms with E-state index in [9.17, 15) is 13.6 Å². The number of carbonyl (C=O) groups is 1. The van der Waals surface area contributed by atoms with Crippen molar-refractivity contribution in [3.8, 4) is 5.75 Å². The molecule has 0 bridgehead atoms. The van der Waals surface area contributed by atoms with Crippen molar-refractivity contribution in [1.29, 1.82) is 0 Å². The Labute approximate surface area is 91.7 Å². The highest BCUT2D eigenvalue weighted by molar-refractivity contribution is 5.75. The lowest BCUT2D eigenvalue weighted by Gasteiger charge is -2.10. The Morgan fingerprint density at radius 1 is 1.38 bits per heavy atom. The number of benzene rings is 1. The van der Waals surface area contributed by atoms with Crippen LogP contribution < -0.4 is 4.74 Å². The van der Waals surface area contributed by atoms with Crippen molar-refractivity contribution < 1.29 is 23.4 Å². The molecule has 0 aromatic heterocycles. The average molecular weight is 230 g/mol. The molecule has 88 valence electrons. The summed E-state index contributed by atoms with van der Waals surface area (Å²) in [6.07, 6.45) is -0.683. The van der Waals surface area contributed by atoms with E-state index in [-0.39, 0.29) is 6.42 Å². The SMILES string of the molecule is COc1ccc(CCC(F)(F)C(=O)O)cc1. The minimum Gasteiger partial charge on any atom is -0.497 e. The van der Waals surface area contributed by atoms with Crippen molar-refractivity contribution >= 4 is 5.97 Å². The molecule has 0 aliphatic heterocycles. The molecule has 3 nitrogen and oxygen atoms in total. The predicted octanol–water partition coefficient (Wildman–Crippen LogP) is 2.35. The van der Waals surface area contributed by atoms with Crippen molar-refractivity contribution in [3.05, 3.63) is 29.8 Å². The summed E-state index contributed by atoms with van der Waals surface area (Å²) in [7, 11) is 1.51. The van der Waals surface area contributed by atoms with E-state index in [1.54, 1.807) is 24.3 Å². The first-order valence-corrected chi connectivity index (χ1v) is 4.70. The molecule has 0 spiro atoms. The van der Waals surface area contributed by atoms with Crippen LogP contribution >= 0.6 is 0 Å². The maximum absolute atomic E-state index is 12.8. The Balaban J connectivity index is 2.58. The van der Waals surface area contributed by atoms with Gasteiger partial charge in [0.15, 0.2) is 0 Å². The summed E-state index contributed by atoms with van der Waals surface area (Å²) >= 11 is 0. The smallest absolute Gasteiger partial charge is 0.374 e. The van der Waals surface area contributed by atoms with Gasteiger partial charge >= 0.3 is 11.9 Å². The van der Waals surface area contributed by atoms with E-state index in [1.165, 1.54) is 7.11 Å². The molecule has 1 aromatic carbocycles. The van der Waals surface area contributed by atoms with Crippen LogP contribution in [0.25, 0.3) is 0 Å². The molecule has 0 aliphatic rings. The summed E-state index contributed by atoms with van der Waals surface area (Å²) in [5.41, 5.74) is 0.654. The molecule has 0 saturated heterocycles. The van der Waals surface area contributed by atoms with Gasteiger partial charge in [-0.2, -0.15) is 8.78 Å². The molecule has 0 unspecified atom stereocenters. The molecule has 0 atom stereocenters. The van der Waals surface area contributed by atoms with Crippen LogP contribution in [0, 0.1) is 0 Å². The Kier molecular flexibility index (Phi) is 3.82. The molecule has 0 fully saturated rings. The number of aliphatic carboxylic acids is 1. The van der Waals surface area contributed by atoms with Gasteiger partial charge in [-0.15, -0.1) is 0 Å². The first-order valence-electron chi connectivity index (χ1n) is 4.70. The topological polar surface area (TPSA) is 46.5 Å². The maximum atomic E-state index is 12.8. The summed E-state index contributed by atoms with van der Waals surface area (Å²) in [6.45, 7) is 0. The Hall–Kier alpha value is -1.65. The molecular weight excluding hydrogens is 218 g/mol. The largest absolute Gasteiger partial charge is 0.497 e. The van der Waals surface area contributed by atoms with E-state index in [0.29, 0.717) is 11.3 Å². The second-order valence-corrected chi connectivity index (χ2v) is 3.36. The fourth-order valence-electron chi connectivity index (χ4n) is 1.20. The minimum absolute atomic E-state index is 0.0172. The molecule has 0 heterocycles. The van der Waals surface area contributed by atoms with Crippen LogP contribution in [-0.4, -0.2) is 24.1 Å². The third kappa shape index (κ3) is 3.18. The molecular formula is C11H12F2O3. The number of aryl methyl sites for hydroxylation is 1. The van der Waals surface area contributed by atoms with Crippen molar-refractivity contribution in [1.82, 2.24) is 0 Å². The first-order chi connectivity index (χ1) is 7.45. The van der Waals surface area contributed by atoms with Crippen LogP contribution in [-0.2, 0) is 11.2 Å². The lowest BCUT2D eigenvalue weighted by molar-refractivity contribution is -0.165. The van der Waals surface area contributed by atoms with Crippen molar-refractivity contribution in [2.45, 2.75) is 18.8 Å². The molecule has 5 heteroatoms. The van der Waals surface area contributed by atoms with Gasteiger partial charge in [0.2, 0.25) is 0 Å². The van der Waals surface area contributed by atoms with Crippen LogP contribution in [0.15, 0.2) is 24.3 Å². The van der Waals surface area contributed by atoms with Gasteiger partial charge in [0.05, 0.1) is 7.11 Å². The van der Waals surface area contributed by atoms with Gasteiger partial charge in [-0.25, -0.2) is 4.79 Å². The van der Waals surface area contributed by atoms with E-state index in [0.717, 1.165) is 0 Å². The highest BCUT2D eigenvalue weighted by atomic mass is 19.3. The summed E-state index contributed by atoms with van der Waals surface area (Å²) in [5.74, 6) is -5.12. The Bertz CT molecular complexity index is 360. The average Bonchev–Trinajstić information content (AvgIpc) is 2.27. The second-order valence-electron chi connectivity index (χ2n) is 3.36. The van der Waals surface area contributed by atoms with Crippen molar-refractivity contribution in [2.75, 3.05) is 7.11 Å². The summed E-state index contributed by atoms with van der Waals surface area (Å²) in [4.78, 5) is 10.2. The van der Waals surface area contributed by atoms with E-state index < -0.39 is 18.3 Å². The molecule has 0 amide bonds. The number of carboxylic acids is 1. The van der Waals surface area contributed by atoms with E-state index in [2.05, 4.69) is 0 Å². The summed E-state index contributed by atoms with van der Waals surface area (Å²) in [6, 6.07) is 6.57. The van der Waals surface area contributed by atoms with Gasteiger partial charge in [-0.05, 0) is 24.1 Å². The summed E-state index contributed by atoms with van der Waals surface area (Å²) in [5, 5.41) is 8.23. The lowest BCUT2D eigenvalue weighted by atomic mass is 10.1. The van der Waals surface area contributed by atoms with E-state index in [4.69, 9.17) is 9.84 Å². The highest BCUT2D eigenvalue weighted by Gasteiger charge is 2.37. The quantitative estimate of drug-likeness (QED) is 0.844. The fraction of sp³-hybridized carbons (Fsp3) is 0.364. The molecule has 1 aromatic rings. The minimum atomic E-state index is -3.67. The number of ether oxygens (including phenoxy) is 1. The van der Waals surface area contributed by atoms with Gasteiger partial charge in [-0.3, -0.25) is 0 Å². The van der Waals surface area contributed by atoms with Crippen LogP contribution in [0.4, 0.5) is 8.78 Å². The number of carboxylic acid groups (broad SMARTS) is 1. The zero-order chi connectivity index (χ0) is 12.2. The second kappa shape index (κ2) is 4.92. The number of methoxy groups -OCH3 is 1. The van der Waals surface area contributed by atoms with Crippen LogP contribution in [0.1, 0.15) is 12.0 Å². The normalized spacial score (nSPS) is 11.2. The van der Waals surface area contributed by atoms with Gasteiger partial charge in [0.25, 0.3) is 0 Å². The summed E-state index contributed by atoms with van der Waals surface area (Å²) < 4.78 is 30.4. The van der Waals surface area contributed by atoms with E-state index in [1.807, 2.05) is 0 Å². The monoisotopic (exact) mass is 230 g/mol. The van der Waals surface area contributed by atoms with Crippen LogP contribution in [0.5, 0.6) is 5.75 Å². The number of alkyl halides is 2. The fourth-order valence-corrected chi connectivity index (χ4v) is 1.20. The van der Waals surface area contributed by atoms with Crippen molar-refractivity contribution in [3.63, 3.8) is 0 Å². The van der Waals surface area contributed by atoms with Gasteiger partial charge in [0, 0.05) is 6.42 Å². The van der Waals surface area contributed by atoms with Gasteiger partial charge in [0.1, 0.15) is 5.75 Å². The van der Waals surface area contributed by atoms with Crippen LogP contribution in [0.2, 0.25) is 0 Å². The van der Waals surface area contributed by atoms with E-state index >= 15 is 0 Å². The Morgan fingerprint density at radius 2 is 1.94 bits per heavy atom. The zero-order valence-corrected chi connectivity index (χ0v) is 8.74. The van der Waals surface area contributed by atoms with Crippen molar-refractivity contribution in [2.24, 2.45) is 0 Å². The molecule has 0 aliphatic carbocycles. The number of halogens is 2. The Morgan fingerprint density at radius 3 is 2.38 bits per heavy atom. The van der Waals surface area contributed by atoms with Gasteiger partial charge < -0.3 is 9.84 Å². The first kappa shape index (κ1) is 12.4. The molecule has 0 radical (unpaired) electrons. The molecule has 1 N–H and O–H groups in total. The maximum Gasteiger partial charge on any atom is 0.374 e. The molecule has 0 saturated carbocycles. The number of hydrogen-bond donors (Lipinski definition) is 1. The standard InChI is InChI=1S/C11H12F2O3/c1-16-9-4-2-8(3-5-9)6-7-11(12,13)10(14)15/h2-5H,6-7H2,1H3,(H,14,15). The lowest BCUT2D eigenvalue weighted by Crippen LogP contribution is -2.28.